The van der Waals surface area contributed by atoms with Crippen LogP contribution in [0, 0.1) is 0 Å². The fourth-order valence-corrected chi connectivity index (χ4v) is 4.51. The molecule has 2 N–H and O–H groups in total. The Balaban J connectivity index is 1.42. The number of amides is 3. The van der Waals surface area contributed by atoms with Crippen molar-refractivity contribution in [2.75, 3.05) is 13.1 Å². The molecule has 0 spiro atoms. The van der Waals surface area contributed by atoms with Gasteiger partial charge in [-0.25, -0.2) is 0 Å². The maximum absolute atomic E-state index is 12.6. The molecule has 174 valence electrons. The Kier molecular flexibility index (Phi) is 6.71. The SMILES string of the molecule is CCn1c(=O)c(=O)[nH]c2cc(C(=O)NCCN3C(=O)S/C(=C\c4ccc(Cl)cc4)C3=O)ccc21. The number of halogens is 1. The fourth-order valence-electron chi connectivity index (χ4n) is 3.52. The van der Waals surface area contributed by atoms with E-state index in [1.807, 2.05) is 0 Å². The zero-order chi connectivity index (χ0) is 24.4. The summed E-state index contributed by atoms with van der Waals surface area (Å²) in [5.41, 5.74) is 0.450. The Morgan fingerprint density at radius 1 is 1.12 bits per heavy atom. The molecular weight excluding hydrogens is 480 g/mol. The fraction of sp³-hybridized carbons (Fsp3) is 0.174. The number of nitrogens with zero attached hydrogens (tertiary/aromatic N) is 2. The van der Waals surface area contributed by atoms with E-state index in [0.29, 0.717) is 27.5 Å². The topological polar surface area (TPSA) is 121 Å². The zero-order valence-electron chi connectivity index (χ0n) is 18.0. The number of rotatable bonds is 6. The predicted octanol–water partition coefficient (Wildman–Crippen LogP) is 2.83. The first kappa shape index (κ1) is 23.5. The van der Waals surface area contributed by atoms with Crippen LogP contribution in [-0.2, 0) is 11.3 Å². The van der Waals surface area contributed by atoms with Gasteiger partial charge < -0.3 is 14.9 Å². The molecule has 4 rings (SSSR count). The van der Waals surface area contributed by atoms with E-state index in [0.717, 1.165) is 22.2 Å². The number of benzene rings is 2. The van der Waals surface area contributed by atoms with E-state index in [1.54, 1.807) is 43.3 Å². The number of hydrogen-bond donors (Lipinski definition) is 2. The Hall–Kier alpha value is -3.63. The molecule has 0 radical (unpaired) electrons. The first-order valence-electron chi connectivity index (χ1n) is 10.3. The Morgan fingerprint density at radius 2 is 1.85 bits per heavy atom. The van der Waals surface area contributed by atoms with Gasteiger partial charge in [-0.05, 0) is 60.7 Å². The summed E-state index contributed by atoms with van der Waals surface area (Å²) in [7, 11) is 0. The number of aromatic nitrogens is 2. The van der Waals surface area contributed by atoms with Gasteiger partial charge in [-0.15, -0.1) is 0 Å². The second kappa shape index (κ2) is 9.70. The van der Waals surface area contributed by atoms with Gasteiger partial charge in [0.2, 0.25) is 0 Å². The highest BCUT2D eigenvalue weighted by Crippen LogP contribution is 2.32. The number of H-pyrrole nitrogens is 1. The van der Waals surface area contributed by atoms with Crippen molar-refractivity contribution in [2.24, 2.45) is 0 Å². The van der Waals surface area contributed by atoms with E-state index in [2.05, 4.69) is 10.3 Å². The van der Waals surface area contributed by atoms with Gasteiger partial charge in [-0.2, -0.15) is 0 Å². The Bertz CT molecular complexity index is 1460. The van der Waals surface area contributed by atoms with Crippen LogP contribution in [0.1, 0.15) is 22.8 Å². The van der Waals surface area contributed by atoms with E-state index in [9.17, 15) is 24.0 Å². The highest BCUT2D eigenvalue weighted by molar-refractivity contribution is 8.18. The summed E-state index contributed by atoms with van der Waals surface area (Å²) in [5.74, 6) is -0.874. The summed E-state index contributed by atoms with van der Waals surface area (Å²) in [6, 6.07) is 11.5. The van der Waals surface area contributed by atoms with E-state index < -0.39 is 28.2 Å². The summed E-state index contributed by atoms with van der Waals surface area (Å²) in [6.07, 6.45) is 1.62. The van der Waals surface area contributed by atoms with Gasteiger partial charge in [0.1, 0.15) is 0 Å². The highest BCUT2D eigenvalue weighted by Gasteiger charge is 2.34. The van der Waals surface area contributed by atoms with Crippen LogP contribution in [0.25, 0.3) is 17.1 Å². The average Bonchev–Trinajstić information content (AvgIpc) is 3.08. The maximum atomic E-state index is 12.6. The van der Waals surface area contributed by atoms with Crippen LogP contribution in [0.5, 0.6) is 0 Å². The molecule has 1 fully saturated rings. The number of fused-ring (bicyclic) bond motifs is 1. The van der Waals surface area contributed by atoms with Crippen LogP contribution in [-0.4, -0.2) is 44.6 Å². The minimum absolute atomic E-state index is 0.00809. The molecule has 1 aromatic heterocycles. The summed E-state index contributed by atoms with van der Waals surface area (Å²) < 4.78 is 1.33. The molecule has 3 amide bonds. The van der Waals surface area contributed by atoms with Crippen LogP contribution in [0.3, 0.4) is 0 Å². The molecule has 1 aliphatic heterocycles. The number of aryl methyl sites for hydroxylation is 1. The van der Waals surface area contributed by atoms with Gasteiger partial charge in [0, 0.05) is 30.2 Å². The predicted molar refractivity (Wildman–Crippen MR) is 131 cm³/mol. The van der Waals surface area contributed by atoms with E-state index in [-0.39, 0.29) is 18.7 Å². The van der Waals surface area contributed by atoms with Crippen LogP contribution in [0.15, 0.2) is 57.0 Å². The molecule has 0 aliphatic carbocycles. The molecule has 0 bridgehead atoms. The molecule has 2 aromatic carbocycles. The van der Waals surface area contributed by atoms with E-state index >= 15 is 0 Å². The number of carbonyl (C=O) groups is 3. The van der Waals surface area contributed by atoms with Gasteiger partial charge >= 0.3 is 11.1 Å². The third-order valence-electron chi connectivity index (χ3n) is 5.22. The lowest BCUT2D eigenvalue weighted by molar-refractivity contribution is -0.122. The molecule has 9 nitrogen and oxygen atoms in total. The Labute approximate surface area is 202 Å². The number of nitrogens with one attached hydrogen (secondary N) is 2. The number of aromatic amines is 1. The summed E-state index contributed by atoms with van der Waals surface area (Å²) >= 11 is 6.70. The highest BCUT2D eigenvalue weighted by atomic mass is 35.5. The smallest absolute Gasteiger partial charge is 0.316 e. The van der Waals surface area contributed by atoms with Crippen molar-refractivity contribution in [3.63, 3.8) is 0 Å². The molecule has 3 aromatic rings. The van der Waals surface area contributed by atoms with E-state index in [4.69, 9.17) is 11.6 Å². The number of hydrogen-bond acceptors (Lipinski definition) is 6. The monoisotopic (exact) mass is 498 g/mol. The molecule has 0 atom stereocenters. The largest absolute Gasteiger partial charge is 0.350 e. The number of carbonyl (C=O) groups excluding carboxylic acids is 3. The van der Waals surface area contributed by atoms with Crippen LogP contribution in [0.4, 0.5) is 4.79 Å². The van der Waals surface area contributed by atoms with Crippen molar-refractivity contribution in [2.45, 2.75) is 13.5 Å². The average molecular weight is 499 g/mol. The lowest BCUT2D eigenvalue weighted by Gasteiger charge is -2.13. The van der Waals surface area contributed by atoms with Crippen LogP contribution >= 0.6 is 23.4 Å². The van der Waals surface area contributed by atoms with Crippen molar-refractivity contribution in [3.05, 3.63) is 84.2 Å². The lowest BCUT2D eigenvalue weighted by atomic mass is 10.1. The van der Waals surface area contributed by atoms with Crippen LogP contribution in [0.2, 0.25) is 5.02 Å². The normalized spacial score (nSPS) is 14.9. The summed E-state index contributed by atoms with van der Waals surface area (Å²) in [5, 5.41) is 2.82. The van der Waals surface area contributed by atoms with Crippen LogP contribution < -0.4 is 16.4 Å². The summed E-state index contributed by atoms with van der Waals surface area (Å²) in [4.78, 5) is 65.1. The minimum atomic E-state index is -0.766. The molecule has 0 unspecified atom stereocenters. The van der Waals surface area contributed by atoms with Gasteiger partial charge in [-0.1, -0.05) is 23.7 Å². The number of thioether (sulfide) groups is 1. The number of imide groups is 1. The van der Waals surface area contributed by atoms with Crippen molar-refractivity contribution in [1.29, 1.82) is 0 Å². The minimum Gasteiger partial charge on any atom is -0.350 e. The third kappa shape index (κ3) is 4.68. The van der Waals surface area contributed by atoms with Crippen molar-refractivity contribution in [3.8, 4) is 0 Å². The van der Waals surface area contributed by atoms with Crippen molar-refractivity contribution >= 4 is 57.5 Å². The second-order valence-electron chi connectivity index (χ2n) is 7.38. The quantitative estimate of drug-likeness (QED) is 0.398. The molecule has 34 heavy (non-hydrogen) atoms. The molecule has 1 saturated heterocycles. The molecular formula is C23H19ClN4O5S. The first-order valence-corrected chi connectivity index (χ1v) is 11.5. The molecule has 1 aliphatic rings. The first-order chi connectivity index (χ1) is 16.3. The van der Waals surface area contributed by atoms with Gasteiger partial charge in [0.05, 0.1) is 15.9 Å². The van der Waals surface area contributed by atoms with E-state index in [1.165, 1.54) is 16.7 Å². The van der Waals surface area contributed by atoms with Crippen molar-refractivity contribution < 1.29 is 14.4 Å². The standard InChI is InChI=1S/C23H19ClN4O5S/c1-2-27-17-8-5-14(12-16(17)26-20(30)22(27)32)19(29)25-9-10-28-21(31)18(34-23(28)33)11-13-3-6-15(24)7-4-13/h3-8,11-12H,2,9-10H2,1H3,(H,25,29)(H,26,30)/b18-11-. The Morgan fingerprint density at radius 3 is 2.56 bits per heavy atom. The molecule has 0 saturated carbocycles. The third-order valence-corrected chi connectivity index (χ3v) is 6.38. The molecule has 11 heteroatoms. The zero-order valence-corrected chi connectivity index (χ0v) is 19.5. The van der Waals surface area contributed by atoms with Crippen molar-refractivity contribution in [1.82, 2.24) is 19.8 Å². The van der Waals surface area contributed by atoms with Gasteiger partial charge in [-0.3, -0.25) is 28.9 Å². The second-order valence-corrected chi connectivity index (χ2v) is 8.81. The lowest BCUT2D eigenvalue weighted by Crippen LogP contribution is -2.37. The summed E-state index contributed by atoms with van der Waals surface area (Å²) in [6.45, 7) is 2.12. The van der Waals surface area contributed by atoms with Gasteiger partial charge in [0.25, 0.3) is 17.1 Å². The maximum Gasteiger partial charge on any atom is 0.316 e. The van der Waals surface area contributed by atoms with Gasteiger partial charge in [0.15, 0.2) is 0 Å². The molecule has 2 heterocycles.